The minimum Gasteiger partial charge on any atom is -0.493 e. The van der Waals surface area contributed by atoms with E-state index in [0.29, 0.717) is 31.6 Å². The van der Waals surface area contributed by atoms with Gasteiger partial charge in [-0.05, 0) is 41.1 Å². The molecule has 2 N–H and O–H groups in total. The maximum Gasteiger partial charge on any atom is 0.274 e. The molecule has 0 aliphatic carbocycles. The smallest absolute Gasteiger partial charge is 0.274 e. The van der Waals surface area contributed by atoms with Gasteiger partial charge < -0.3 is 9.64 Å². The molecule has 3 aromatic rings. The predicted octanol–water partition coefficient (Wildman–Crippen LogP) is 4.43. The van der Waals surface area contributed by atoms with Gasteiger partial charge in [-0.3, -0.25) is 14.8 Å². The fraction of sp³-hybridized carbons (Fsp3) is 0.231. The molecule has 6 heteroatoms. The summed E-state index contributed by atoms with van der Waals surface area (Å²) in [6.45, 7) is 1.83. The number of nitrogens with zero attached hydrogens (tertiary/aromatic N) is 1. The number of hydroxylamine groups is 1. The Balaban J connectivity index is 1.49. The Morgan fingerprint density at radius 1 is 1.06 bits per heavy atom. The molecule has 1 saturated heterocycles. The Bertz CT molecular complexity index is 1130. The highest BCUT2D eigenvalue weighted by Gasteiger charge is 2.21. The number of carbonyl (C=O) groups is 2. The first-order valence-electron chi connectivity index (χ1n) is 10.8. The van der Waals surface area contributed by atoms with Crippen LogP contribution in [0, 0.1) is 0 Å². The van der Waals surface area contributed by atoms with Crippen LogP contribution in [0.5, 0.6) is 5.75 Å². The van der Waals surface area contributed by atoms with Crippen molar-refractivity contribution in [2.24, 2.45) is 0 Å². The lowest BCUT2D eigenvalue weighted by Gasteiger charge is -2.19. The summed E-state index contributed by atoms with van der Waals surface area (Å²) in [5, 5.41) is 11.0. The van der Waals surface area contributed by atoms with Crippen molar-refractivity contribution in [1.29, 1.82) is 0 Å². The fourth-order valence-corrected chi connectivity index (χ4v) is 3.96. The number of likely N-dealkylation sites (tertiary alicyclic amines) is 1. The molecular weight excluding hydrogens is 404 g/mol. The Labute approximate surface area is 187 Å². The SMILES string of the molecule is O=C(NO)c1ccc(C=C(CCOc2cccc3ccccc23)CN2CCCC2=O)cc1. The quantitative estimate of drug-likeness (QED) is 0.409. The molecule has 0 radical (unpaired) electrons. The number of nitrogens with one attached hydrogen (secondary N) is 1. The largest absolute Gasteiger partial charge is 0.493 e. The zero-order chi connectivity index (χ0) is 22.3. The third-order valence-corrected chi connectivity index (χ3v) is 5.64. The van der Waals surface area contributed by atoms with Crippen LogP contribution < -0.4 is 10.2 Å². The maximum absolute atomic E-state index is 12.2. The molecule has 0 bridgehead atoms. The molecule has 6 nitrogen and oxygen atoms in total. The number of rotatable bonds is 8. The summed E-state index contributed by atoms with van der Waals surface area (Å²) in [5.41, 5.74) is 4.02. The number of amides is 2. The van der Waals surface area contributed by atoms with Crippen molar-refractivity contribution in [3.8, 4) is 5.75 Å². The average Bonchev–Trinajstić information content (AvgIpc) is 3.23. The number of fused-ring (bicyclic) bond motifs is 1. The normalized spacial score (nSPS) is 14.1. The standard InChI is InChI=1S/C26H26N2O4/c29-25-9-4-15-28(25)18-20(17-19-10-12-22(13-11-19)26(30)27-31)14-16-32-24-8-3-6-21-5-1-2-7-23(21)24/h1-3,5-8,10-13,17,31H,4,9,14-16,18H2,(H,27,30). The summed E-state index contributed by atoms with van der Waals surface area (Å²) >= 11 is 0. The summed E-state index contributed by atoms with van der Waals surface area (Å²) in [6, 6.07) is 21.1. The van der Waals surface area contributed by atoms with Crippen molar-refractivity contribution < 1.29 is 19.5 Å². The van der Waals surface area contributed by atoms with Crippen molar-refractivity contribution in [3.63, 3.8) is 0 Å². The second-order valence-electron chi connectivity index (χ2n) is 7.86. The minimum atomic E-state index is -0.549. The molecule has 0 saturated carbocycles. The van der Waals surface area contributed by atoms with Gasteiger partial charge >= 0.3 is 0 Å². The molecule has 0 atom stereocenters. The van der Waals surface area contributed by atoms with Crippen LogP contribution >= 0.6 is 0 Å². The van der Waals surface area contributed by atoms with E-state index in [4.69, 9.17) is 9.94 Å². The number of carbonyl (C=O) groups excluding carboxylic acids is 2. The molecule has 1 aliphatic rings. The third-order valence-electron chi connectivity index (χ3n) is 5.64. The van der Waals surface area contributed by atoms with Crippen molar-refractivity contribution in [1.82, 2.24) is 10.4 Å². The van der Waals surface area contributed by atoms with E-state index in [1.165, 1.54) is 0 Å². The molecule has 32 heavy (non-hydrogen) atoms. The number of hydrogen-bond donors (Lipinski definition) is 2. The van der Waals surface area contributed by atoms with Gasteiger partial charge in [0.05, 0.1) is 6.61 Å². The van der Waals surface area contributed by atoms with Crippen molar-refractivity contribution in [3.05, 3.63) is 83.4 Å². The van der Waals surface area contributed by atoms with E-state index >= 15 is 0 Å². The van der Waals surface area contributed by atoms with E-state index in [9.17, 15) is 9.59 Å². The lowest BCUT2D eigenvalue weighted by atomic mass is 10.1. The first-order chi connectivity index (χ1) is 15.6. The molecule has 164 valence electrons. The van der Waals surface area contributed by atoms with Gasteiger partial charge in [0.25, 0.3) is 5.91 Å². The first-order valence-corrected chi connectivity index (χ1v) is 10.8. The van der Waals surface area contributed by atoms with Gasteiger partial charge in [0.1, 0.15) is 5.75 Å². The van der Waals surface area contributed by atoms with Gasteiger partial charge in [-0.25, -0.2) is 5.48 Å². The molecule has 1 aliphatic heterocycles. The maximum atomic E-state index is 12.2. The molecule has 0 aromatic heterocycles. The van der Waals surface area contributed by atoms with Crippen LogP contribution in [0.15, 0.2) is 72.3 Å². The van der Waals surface area contributed by atoms with E-state index in [-0.39, 0.29) is 5.91 Å². The van der Waals surface area contributed by atoms with Crippen molar-refractivity contribution in [2.45, 2.75) is 19.3 Å². The van der Waals surface area contributed by atoms with Crippen molar-refractivity contribution >= 4 is 28.7 Å². The molecule has 2 amide bonds. The lowest BCUT2D eigenvalue weighted by molar-refractivity contribution is -0.127. The van der Waals surface area contributed by atoms with Crippen LogP contribution in [0.4, 0.5) is 0 Å². The van der Waals surface area contributed by atoms with Crippen LogP contribution in [-0.4, -0.2) is 41.6 Å². The van der Waals surface area contributed by atoms with E-state index in [1.807, 2.05) is 47.4 Å². The van der Waals surface area contributed by atoms with E-state index in [0.717, 1.165) is 40.6 Å². The average molecular weight is 431 g/mol. The van der Waals surface area contributed by atoms with Gasteiger partial charge in [-0.15, -0.1) is 0 Å². The first kappa shape index (κ1) is 21.6. The highest BCUT2D eigenvalue weighted by Crippen LogP contribution is 2.26. The monoisotopic (exact) mass is 430 g/mol. The van der Waals surface area contributed by atoms with E-state index < -0.39 is 5.91 Å². The molecule has 4 rings (SSSR count). The van der Waals surface area contributed by atoms with E-state index in [2.05, 4.69) is 18.2 Å². The summed E-state index contributed by atoms with van der Waals surface area (Å²) < 4.78 is 6.12. The molecule has 1 fully saturated rings. The van der Waals surface area contributed by atoms with Gasteiger partial charge in [0.2, 0.25) is 5.91 Å². The number of ether oxygens (including phenoxy) is 1. The highest BCUT2D eigenvalue weighted by atomic mass is 16.5. The highest BCUT2D eigenvalue weighted by molar-refractivity contribution is 5.93. The summed E-state index contributed by atoms with van der Waals surface area (Å²) in [4.78, 5) is 25.6. The van der Waals surface area contributed by atoms with Crippen LogP contribution in [-0.2, 0) is 4.79 Å². The van der Waals surface area contributed by atoms with Gasteiger partial charge in [0, 0.05) is 36.9 Å². The molecular formula is C26H26N2O4. The number of hydrogen-bond acceptors (Lipinski definition) is 4. The topological polar surface area (TPSA) is 78.9 Å². The van der Waals surface area contributed by atoms with E-state index in [1.54, 1.807) is 17.6 Å². The summed E-state index contributed by atoms with van der Waals surface area (Å²) in [7, 11) is 0. The zero-order valence-corrected chi connectivity index (χ0v) is 17.8. The molecule has 0 spiro atoms. The van der Waals surface area contributed by atoms with Crippen LogP contribution in [0.3, 0.4) is 0 Å². The van der Waals surface area contributed by atoms with Gasteiger partial charge in [-0.1, -0.05) is 54.6 Å². The number of benzene rings is 3. The summed E-state index contributed by atoms with van der Waals surface area (Å²) in [6.07, 6.45) is 4.21. The molecule has 0 unspecified atom stereocenters. The van der Waals surface area contributed by atoms with Crippen LogP contribution in [0.25, 0.3) is 16.8 Å². The summed E-state index contributed by atoms with van der Waals surface area (Å²) in [5.74, 6) is 0.479. The second kappa shape index (κ2) is 10.1. The minimum absolute atomic E-state index is 0.181. The van der Waals surface area contributed by atoms with Gasteiger partial charge in [0.15, 0.2) is 0 Å². The third kappa shape index (κ3) is 5.15. The van der Waals surface area contributed by atoms with Crippen molar-refractivity contribution in [2.75, 3.05) is 19.7 Å². The Morgan fingerprint density at radius 2 is 1.84 bits per heavy atom. The molecule has 3 aromatic carbocycles. The predicted molar refractivity (Wildman–Crippen MR) is 124 cm³/mol. The Hall–Kier alpha value is -3.64. The Kier molecular flexibility index (Phi) is 6.82. The second-order valence-corrected chi connectivity index (χ2v) is 7.86. The molecule has 1 heterocycles. The Morgan fingerprint density at radius 3 is 2.59 bits per heavy atom. The zero-order valence-electron chi connectivity index (χ0n) is 17.8. The lowest BCUT2D eigenvalue weighted by Crippen LogP contribution is -2.27. The van der Waals surface area contributed by atoms with Gasteiger partial charge in [-0.2, -0.15) is 0 Å². The van der Waals surface area contributed by atoms with Crippen LogP contribution in [0.2, 0.25) is 0 Å². The fourth-order valence-electron chi connectivity index (χ4n) is 3.96. The van der Waals surface area contributed by atoms with Crippen LogP contribution in [0.1, 0.15) is 35.2 Å².